The van der Waals surface area contributed by atoms with Crippen molar-refractivity contribution in [3.63, 3.8) is 0 Å². The molecule has 1 aliphatic heterocycles. The van der Waals surface area contributed by atoms with Gasteiger partial charge in [-0.05, 0) is 45.7 Å². The van der Waals surface area contributed by atoms with Crippen LogP contribution in [0.15, 0.2) is 0 Å². The van der Waals surface area contributed by atoms with Crippen LogP contribution in [0.25, 0.3) is 0 Å². The maximum atomic E-state index is 5.63. The van der Waals surface area contributed by atoms with Gasteiger partial charge < -0.3 is 15.0 Å². The molecule has 3 heteroatoms. The smallest absolute Gasteiger partial charge is 0.0478 e. The average Bonchev–Trinajstić information content (AvgIpc) is 2.56. The fourth-order valence-electron chi connectivity index (χ4n) is 2.49. The molecule has 1 fully saturated rings. The SMILES string of the molecule is CCCCOCCCN1CCCNC(C)(CC)C1. The lowest BCUT2D eigenvalue weighted by atomic mass is 9.98. The van der Waals surface area contributed by atoms with Crippen LogP contribution in [0.4, 0.5) is 0 Å². The summed E-state index contributed by atoms with van der Waals surface area (Å²) in [5.74, 6) is 0. The molecule has 1 aliphatic rings. The molecule has 0 bridgehead atoms. The van der Waals surface area contributed by atoms with Crippen molar-refractivity contribution in [2.24, 2.45) is 0 Å². The van der Waals surface area contributed by atoms with Gasteiger partial charge in [-0.25, -0.2) is 0 Å². The zero-order valence-corrected chi connectivity index (χ0v) is 12.6. The molecule has 1 atom stereocenters. The summed E-state index contributed by atoms with van der Waals surface area (Å²) in [6.45, 7) is 13.5. The van der Waals surface area contributed by atoms with Crippen molar-refractivity contribution in [2.75, 3.05) is 39.4 Å². The highest BCUT2D eigenvalue weighted by atomic mass is 16.5. The molecule has 0 saturated carbocycles. The van der Waals surface area contributed by atoms with Gasteiger partial charge in [-0.2, -0.15) is 0 Å². The number of rotatable bonds is 8. The van der Waals surface area contributed by atoms with Gasteiger partial charge in [0.1, 0.15) is 0 Å². The molecule has 0 aromatic carbocycles. The molecule has 0 spiro atoms. The van der Waals surface area contributed by atoms with Crippen molar-refractivity contribution in [1.29, 1.82) is 0 Å². The molecule has 1 saturated heterocycles. The summed E-state index contributed by atoms with van der Waals surface area (Å²) < 4.78 is 5.63. The van der Waals surface area contributed by atoms with E-state index in [4.69, 9.17) is 4.74 Å². The predicted octanol–water partition coefficient (Wildman–Crippen LogP) is 2.66. The molecule has 0 radical (unpaired) electrons. The summed E-state index contributed by atoms with van der Waals surface area (Å²) in [5, 5.41) is 3.68. The highest BCUT2D eigenvalue weighted by Crippen LogP contribution is 2.15. The van der Waals surface area contributed by atoms with Gasteiger partial charge in [0.25, 0.3) is 0 Å². The van der Waals surface area contributed by atoms with Gasteiger partial charge in [0.15, 0.2) is 0 Å². The van der Waals surface area contributed by atoms with Crippen molar-refractivity contribution in [3.8, 4) is 0 Å². The van der Waals surface area contributed by atoms with Crippen LogP contribution < -0.4 is 5.32 Å². The number of nitrogens with one attached hydrogen (secondary N) is 1. The lowest BCUT2D eigenvalue weighted by Gasteiger charge is -2.32. The summed E-state index contributed by atoms with van der Waals surface area (Å²) in [5.41, 5.74) is 0.305. The lowest BCUT2D eigenvalue weighted by Crippen LogP contribution is -2.48. The van der Waals surface area contributed by atoms with Crippen molar-refractivity contribution in [1.82, 2.24) is 10.2 Å². The molecule has 0 amide bonds. The largest absolute Gasteiger partial charge is 0.381 e. The fraction of sp³-hybridized carbons (Fsp3) is 1.00. The van der Waals surface area contributed by atoms with Gasteiger partial charge in [0, 0.05) is 31.8 Å². The normalized spacial score (nSPS) is 26.2. The Bertz CT molecular complexity index is 211. The molecule has 1 heterocycles. The van der Waals surface area contributed by atoms with E-state index in [2.05, 4.69) is 31.0 Å². The maximum absolute atomic E-state index is 5.63. The molecule has 1 unspecified atom stereocenters. The maximum Gasteiger partial charge on any atom is 0.0478 e. The Kier molecular flexibility index (Phi) is 7.87. The van der Waals surface area contributed by atoms with E-state index >= 15 is 0 Å². The van der Waals surface area contributed by atoms with Crippen LogP contribution >= 0.6 is 0 Å². The Morgan fingerprint density at radius 3 is 2.72 bits per heavy atom. The summed E-state index contributed by atoms with van der Waals surface area (Å²) in [7, 11) is 0. The van der Waals surface area contributed by atoms with Crippen LogP contribution in [0, 0.1) is 0 Å². The van der Waals surface area contributed by atoms with Crippen molar-refractivity contribution in [2.45, 2.75) is 58.4 Å². The molecule has 0 aromatic heterocycles. The first-order valence-electron chi connectivity index (χ1n) is 7.75. The van der Waals surface area contributed by atoms with E-state index in [0.717, 1.165) is 19.8 Å². The standard InChI is InChI=1S/C15H32N2O/c1-4-6-12-18-13-8-11-17-10-7-9-16-15(3,5-2)14-17/h16H,4-14H2,1-3H3. The van der Waals surface area contributed by atoms with Crippen LogP contribution in [0.5, 0.6) is 0 Å². The number of unbranched alkanes of at least 4 members (excludes halogenated alkanes) is 1. The minimum atomic E-state index is 0.305. The molecule has 0 aliphatic carbocycles. The topological polar surface area (TPSA) is 24.5 Å². The van der Waals surface area contributed by atoms with Crippen molar-refractivity contribution < 1.29 is 4.74 Å². The minimum Gasteiger partial charge on any atom is -0.381 e. The number of nitrogens with zero attached hydrogens (tertiary/aromatic N) is 1. The number of hydrogen-bond donors (Lipinski definition) is 1. The first-order chi connectivity index (χ1) is 8.70. The third-order valence-electron chi connectivity index (χ3n) is 3.96. The van der Waals surface area contributed by atoms with Crippen LogP contribution in [0.3, 0.4) is 0 Å². The predicted molar refractivity (Wildman–Crippen MR) is 78.1 cm³/mol. The van der Waals surface area contributed by atoms with E-state index in [0.29, 0.717) is 5.54 Å². The van der Waals surface area contributed by atoms with E-state index in [1.165, 1.54) is 51.7 Å². The Morgan fingerprint density at radius 2 is 2.00 bits per heavy atom. The third kappa shape index (κ3) is 6.17. The van der Waals surface area contributed by atoms with E-state index in [1.807, 2.05) is 0 Å². The van der Waals surface area contributed by atoms with Crippen LogP contribution in [-0.4, -0.2) is 49.8 Å². The Labute approximate surface area is 113 Å². The zero-order chi connectivity index (χ0) is 13.3. The van der Waals surface area contributed by atoms with Crippen molar-refractivity contribution >= 4 is 0 Å². The monoisotopic (exact) mass is 256 g/mol. The quantitative estimate of drug-likeness (QED) is 0.676. The molecule has 1 rings (SSSR count). The minimum absolute atomic E-state index is 0.305. The van der Waals surface area contributed by atoms with Gasteiger partial charge in [-0.1, -0.05) is 20.3 Å². The lowest BCUT2D eigenvalue weighted by molar-refractivity contribution is 0.114. The number of ether oxygens (including phenoxy) is 1. The van der Waals surface area contributed by atoms with Gasteiger partial charge in [0.2, 0.25) is 0 Å². The second-order valence-electron chi connectivity index (χ2n) is 5.79. The molecular weight excluding hydrogens is 224 g/mol. The van der Waals surface area contributed by atoms with E-state index in [1.54, 1.807) is 0 Å². The van der Waals surface area contributed by atoms with Gasteiger partial charge >= 0.3 is 0 Å². The summed E-state index contributed by atoms with van der Waals surface area (Å²) in [4.78, 5) is 2.60. The summed E-state index contributed by atoms with van der Waals surface area (Å²) in [6, 6.07) is 0. The molecule has 18 heavy (non-hydrogen) atoms. The second-order valence-corrected chi connectivity index (χ2v) is 5.79. The molecule has 3 nitrogen and oxygen atoms in total. The Morgan fingerprint density at radius 1 is 1.22 bits per heavy atom. The van der Waals surface area contributed by atoms with E-state index in [-0.39, 0.29) is 0 Å². The Hall–Kier alpha value is -0.120. The van der Waals surface area contributed by atoms with Crippen LogP contribution in [0.1, 0.15) is 52.9 Å². The first-order valence-corrected chi connectivity index (χ1v) is 7.75. The highest BCUT2D eigenvalue weighted by Gasteiger charge is 2.26. The molecule has 1 N–H and O–H groups in total. The Balaban J connectivity index is 2.16. The van der Waals surface area contributed by atoms with Crippen LogP contribution in [-0.2, 0) is 4.74 Å². The zero-order valence-electron chi connectivity index (χ0n) is 12.6. The number of hydrogen-bond acceptors (Lipinski definition) is 3. The third-order valence-corrected chi connectivity index (χ3v) is 3.96. The van der Waals surface area contributed by atoms with E-state index in [9.17, 15) is 0 Å². The second kappa shape index (κ2) is 8.89. The molecule has 108 valence electrons. The van der Waals surface area contributed by atoms with Gasteiger partial charge in [0.05, 0.1) is 0 Å². The summed E-state index contributed by atoms with van der Waals surface area (Å²) in [6.07, 6.45) is 6.07. The summed E-state index contributed by atoms with van der Waals surface area (Å²) >= 11 is 0. The van der Waals surface area contributed by atoms with Gasteiger partial charge in [-0.15, -0.1) is 0 Å². The van der Waals surface area contributed by atoms with Crippen LogP contribution in [0.2, 0.25) is 0 Å². The highest BCUT2D eigenvalue weighted by molar-refractivity contribution is 4.87. The average molecular weight is 256 g/mol. The van der Waals surface area contributed by atoms with Crippen molar-refractivity contribution in [3.05, 3.63) is 0 Å². The first kappa shape index (κ1) is 15.9. The van der Waals surface area contributed by atoms with E-state index < -0.39 is 0 Å². The molecule has 0 aromatic rings. The van der Waals surface area contributed by atoms with Gasteiger partial charge in [-0.3, -0.25) is 0 Å². The molecular formula is C15H32N2O. The fourth-order valence-corrected chi connectivity index (χ4v) is 2.49.